The number of aliphatic hydroxyl groups is 1. The molecule has 2 aromatic heterocycles. The first-order valence-electron chi connectivity index (χ1n) is 10.2. The van der Waals surface area contributed by atoms with Crippen molar-refractivity contribution < 1.29 is 9.84 Å². The molecular formula is C23H27N5O2. The van der Waals surface area contributed by atoms with Gasteiger partial charge in [0.25, 0.3) is 0 Å². The zero-order valence-electron chi connectivity index (χ0n) is 17.3. The Morgan fingerprint density at radius 1 is 1.07 bits per heavy atom. The Balaban J connectivity index is 1.38. The van der Waals surface area contributed by atoms with Gasteiger partial charge in [-0.05, 0) is 36.6 Å². The minimum absolute atomic E-state index is 0.257. The van der Waals surface area contributed by atoms with Gasteiger partial charge in [-0.15, -0.1) is 0 Å². The molecule has 2 heterocycles. The molecule has 0 saturated heterocycles. The Bertz CT molecular complexity index is 989. The van der Waals surface area contributed by atoms with Crippen LogP contribution in [0.5, 0.6) is 5.75 Å². The molecule has 0 aliphatic heterocycles. The third-order valence-electron chi connectivity index (χ3n) is 5.41. The van der Waals surface area contributed by atoms with Crippen LogP contribution in [0.1, 0.15) is 31.2 Å². The largest absolute Gasteiger partial charge is 0.496 e. The van der Waals surface area contributed by atoms with E-state index in [4.69, 9.17) is 4.74 Å². The van der Waals surface area contributed by atoms with Gasteiger partial charge in [-0.3, -0.25) is 0 Å². The molecule has 4 rings (SSSR count). The predicted octanol–water partition coefficient (Wildman–Crippen LogP) is 3.70. The smallest absolute Gasteiger partial charge is 0.129 e. The number of anilines is 2. The fraction of sp³-hybridized carbons (Fsp3) is 0.348. The van der Waals surface area contributed by atoms with Gasteiger partial charge >= 0.3 is 0 Å². The van der Waals surface area contributed by atoms with E-state index in [2.05, 4.69) is 38.6 Å². The number of rotatable bonds is 9. The number of pyridine rings is 1. The molecule has 1 aliphatic rings. The topological polar surface area (TPSA) is 92.2 Å². The molecule has 0 amide bonds. The molecule has 156 valence electrons. The van der Waals surface area contributed by atoms with E-state index < -0.39 is 5.60 Å². The van der Waals surface area contributed by atoms with E-state index in [1.807, 2.05) is 36.4 Å². The van der Waals surface area contributed by atoms with Gasteiger partial charge in [-0.2, -0.15) is 0 Å². The van der Waals surface area contributed by atoms with Crippen molar-refractivity contribution in [1.29, 1.82) is 0 Å². The summed E-state index contributed by atoms with van der Waals surface area (Å²) >= 11 is 0. The average molecular weight is 406 g/mol. The summed E-state index contributed by atoms with van der Waals surface area (Å²) in [4.78, 5) is 13.1. The molecule has 1 fully saturated rings. The number of benzene rings is 1. The van der Waals surface area contributed by atoms with Crippen LogP contribution in [0.3, 0.4) is 0 Å². The number of aromatic nitrogens is 3. The molecule has 3 aromatic rings. The Morgan fingerprint density at radius 2 is 1.90 bits per heavy atom. The second kappa shape index (κ2) is 8.67. The average Bonchev–Trinajstić information content (AvgIpc) is 3.54. The van der Waals surface area contributed by atoms with Crippen LogP contribution in [0.25, 0.3) is 11.3 Å². The van der Waals surface area contributed by atoms with Gasteiger partial charge in [0.05, 0.1) is 18.4 Å². The second-order valence-corrected chi connectivity index (χ2v) is 7.82. The molecule has 1 atom stereocenters. The van der Waals surface area contributed by atoms with E-state index in [1.54, 1.807) is 19.6 Å². The van der Waals surface area contributed by atoms with Gasteiger partial charge in [-0.1, -0.05) is 25.1 Å². The Morgan fingerprint density at radius 3 is 2.63 bits per heavy atom. The number of hydrogen-bond acceptors (Lipinski definition) is 7. The van der Waals surface area contributed by atoms with Gasteiger partial charge in [-0.25, -0.2) is 15.0 Å². The molecule has 1 saturated carbocycles. The molecule has 7 heteroatoms. The normalized spacial score (nSPS) is 15.3. The molecule has 0 unspecified atom stereocenters. The Kier molecular flexibility index (Phi) is 5.81. The van der Waals surface area contributed by atoms with Crippen LogP contribution in [0.4, 0.5) is 11.6 Å². The number of ether oxygens (including phenoxy) is 1. The molecule has 0 spiro atoms. The fourth-order valence-corrected chi connectivity index (χ4v) is 3.28. The lowest BCUT2D eigenvalue weighted by Gasteiger charge is -2.16. The van der Waals surface area contributed by atoms with Crippen molar-refractivity contribution in [3.63, 3.8) is 0 Å². The maximum Gasteiger partial charge on any atom is 0.129 e. The number of para-hydroxylation sites is 1. The minimum atomic E-state index is -0.547. The van der Waals surface area contributed by atoms with Crippen molar-refractivity contribution in [3.05, 3.63) is 60.6 Å². The van der Waals surface area contributed by atoms with Crippen molar-refractivity contribution in [1.82, 2.24) is 15.0 Å². The van der Waals surface area contributed by atoms with Crippen molar-refractivity contribution in [2.24, 2.45) is 0 Å². The monoisotopic (exact) mass is 405 g/mol. The quantitative estimate of drug-likeness (QED) is 0.500. The van der Waals surface area contributed by atoms with Gasteiger partial charge in [0, 0.05) is 36.8 Å². The molecule has 0 radical (unpaired) electrons. The van der Waals surface area contributed by atoms with E-state index in [0.29, 0.717) is 6.54 Å². The van der Waals surface area contributed by atoms with E-state index in [1.165, 1.54) is 0 Å². The Labute approximate surface area is 176 Å². The summed E-state index contributed by atoms with van der Waals surface area (Å²) in [5, 5.41) is 16.5. The fourth-order valence-electron chi connectivity index (χ4n) is 3.28. The lowest BCUT2D eigenvalue weighted by atomic mass is 10.00. The first-order valence-corrected chi connectivity index (χ1v) is 10.2. The van der Waals surface area contributed by atoms with Crippen LogP contribution in [-0.4, -0.2) is 45.9 Å². The second-order valence-electron chi connectivity index (χ2n) is 7.82. The summed E-state index contributed by atoms with van der Waals surface area (Å²) < 4.78 is 5.47. The van der Waals surface area contributed by atoms with Gasteiger partial charge in [0.1, 0.15) is 23.7 Å². The van der Waals surface area contributed by atoms with Gasteiger partial charge in [0.15, 0.2) is 0 Å². The van der Waals surface area contributed by atoms with E-state index >= 15 is 0 Å². The predicted molar refractivity (Wildman–Crippen MR) is 118 cm³/mol. The van der Waals surface area contributed by atoms with Crippen LogP contribution in [0.15, 0.2) is 55.0 Å². The van der Waals surface area contributed by atoms with Crippen LogP contribution < -0.4 is 15.4 Å². The first kappa shape index (κ1) is 20.1. The minimum Gasteiger partial charge on any atom is -0.496 e. The zero-order valence-corrected chi connectivity index (χ0v) is 17.3. The van der Waals surface area contributed by atoms with E-state index in [0.717, 1.165) is 53.6 Å². The lowest BCUT2D eigenvalue weighted by molar-refractivity contribution is 0.164. The maximum absolute atomic E-state index is 9.92. The summed E-state index contributed by atoms with van der Waals surface area (Å²) in [6.45, 7) is 3.41. The third kappa shape index (κ3) is 4.86. The molecule has 1 aromatic carbocycles. The summed E-state index contributed by atoms with van der Waals surface area (Å²) in [5.74, 6) is 2.66. The number of nitrogens with one attached hydrogen (secondary N) is 2. The van der Waals surface area contributed by atoms with Gasteiger partial charge < -0.3 is 20.5 Å². The SMILES string of the molecule is COc1ccccc1[C@H](C)CNc1cc(-c2ccc(NCC3(O)CC3)nc2)ncn1. The standard InChI is InChI=1S/C23H27N5O2/c1-16(18-5-3-4-6-20(18)30-2)12-24-22-11-19(27-15-28-22)17-7-8-21(25-13-17)26-14-23(29)9-10-23/h3-8,11,13,15-16,29H,9-10,12,14H2,1-2H3,(H,25,26)(H,24,27,28)/t16-/m1/s1. The molecule has 7 nitrogen and oxygen atoms in total. The molecule has 3 N–H and O–H groups in total. The molecule has 1 aliphatic carbocycles. The van der Waals surface area contributed by atoms with E-state index in [-0.39, 0.29) is 5.92 Å². The Hall–Kier alpha value is -3.19. The summed E-state index contributed by atoms with van der Waals surface area (Å²) in [5.41, 5.74) is 2.32. The number of methoxy groups -OCH3 is 1. The maximum atomic E-state index is 9.92. The van der Waals surface area contributed by atoms with Crippen LogP contribution in [-0.2, 0) is 0 Å². The van der Waals surface area contributed by atoms with Crippen LogP contribution in [0, 0.1) is 0 Å². The van der Waals surface area contributed by atoms with Crippen molar-refractivity contribution in [3.8, 4) is 17.0 Å². The highest BCUT2D eigenvalue weighted by atomic mass is 16.5. The summed E-state index contributed by atoms with van der Waals surface area (Å²) in [6, 6.07) is 13.8. The van der Waals surface area contributed by atoms with E-state index in [9.17, 15) is 5.11 Å². The van der Waals surface area contributed by atoms with Crippen LogP contribution in [0.2, 0.25) is 0 Å². The van der Waals surface area contributed by atoms with Crippen molar-refractivity contribution in [2.75, 3.05) is 30.8 Å². The number of hydrogen-bond donors (Lipinski definition) is 3. The van der Waals surface area contributed by atoms with Crippen molar-refractivity contribution >= 4 is 11.6 Å². The first-order chi connectivity index (χ1) is 14.6. The van der Waals surface area contributed by atoms with Crippen LogP contribution >= 0.6 is 0 Å². The summed E-state index contributed by atoms with van der Waals surface area (Å²) in [7, 11) is 1.69. The zero-order chi connectivity index (χ0) is 21.0. The highest BCUT2D eigenvalue weighted by Crippen LogP contribution is 2.34. The highest BCUT2D eigenvalue weighted by molar-refractivity contribution is 5.62. The number of nitrogens with zero attached hydrogens (tertiary/aromatic N) is 3. The highest BCUT2D eigenvalue weighted by Gasteiger charge is 2.39. The molecule has 30 heavy (non-hydrogen) atoms. The lowest BCUT2D eigenvalue weighted by Crippen LogP contribution is -2.20. The molecule has 0 bridgehead atoms. The van der Waals surface area contributed by atoms with Gasteiger partial charge in [0.2, 0.25) is 0 Å². The van der Waals surface area contributed by atoms with Crippen molar-refractivity contribution in [2.45, 2.75) is 31.3 Å². The third-order valence-corrected chi connectivity index (χ3v) is 5.41. The summed E-state index contributed by atoms with van der Waals surface area (Å²) in [6.07, 6.45) is 5.04. The molecular weight excluding hydrogens is 378 g/mol.